The van der Waals surface area contributed by atoms with Crippen LogP contribution in [-0.4, -0.2) is 57.7 Å². The predicted molar refractivity (Wildman–Crippen MR) is 103 cm³/mol. The molecule has 5 rings (SSSR count). The molecule has 6 heteroatoms. The molecule has 5 atom stereocenters. The normalized spacial score (nSPS) is 28.4. The van der Waals surface area contributed by atoms with E-state index in [9.17, 15) is 20.4 Å². The first-order chi connectivity index (χ1) is 13.6. The maximum Gasteiger partial charge on any atom is 0.229 e. The maximum atomic E-state index is 10.3. The van der Waals surface area contributed by atoms with Crippen molar-refractivity contribution in [1.29, 1.82) is 0 Å². The van der Waals surface area contributed by atoms with Crippen LogP contribution in [0.4, 0.5) is 0 Å². The fourth-order valence-corrected chi connectivity index (χ4v) is 4.17. The summed E-state index contributed by atoms with van der Waals surface area (Å²) in [6.45, 7) is -0.496. The maximum absolute atomic E-state index is 10.3. The van der Waals surface area contributed by atoms with Crippen LogP contribution in [0.2, 0.25) is 0 Å². The molecule has 6 nitrogen and oxygen atoms in total. The average molecular weight is 380 g/mol. The molecule has 0 radical (unpaired) electrons. The summed E-state index contributed by atoms with van der Waals surface area (Å²) in [4.78, 5) is 0. The molecule has 0 amide bonds. The third-order valence-electron chi connectivity index (χ3n) is 5.60. The van der Waals surface area contributed by atoms with E-state index in [1.807, 2.05) is 36.4 Å². The summed E-state index contributed by atoms with van der Waals surface area (Å²) in [7, 11) is 0. The predicted octanol–water partition coefficient (Wildman–Crippen LogP) is 1.67. The lowest BCUT2D eigenvalue weighted by Gasteiger charge is -2.39. The summed E-state index contributed by atoms with van der Waals surface area (Å²) >= 11 is 0. The Morgan fingerprint density at radius 2 is 1.43 bits per heavy atom. The highest BCUT2D eigenvalue weighted by Crippen LogP contribution is 2.49. The van der Waals surface area contributed by atoms with Gasteiger partial charge in [-0.2, -0.15) is 0 Å². The molecule has 144 valence electrons. The Morgan fingerprint density at radius 3 is 2.14 bits per heavy atom. The minimum Gasteiger partial charge on any atom is -0.461 e. The second kappa shape index (κ2) is 6.55. The van der Waals surface area contributed by atoms with Crippen molar-refractivity contribution in [3.63, 3.8) is 0 Å². The van der Waals surface area contributed by atoms with Gasteiger partial charge in [-0.1, -0.05) is 48.5 Å². The molecule has 1 saturated heterocycles. The minimum atomic E-state index is -1.48. The first-order valence-electron chi connectivity index (χ1n) is 9.23. The second-order valence-corrected chi connectivity index (χ2v) is 7.20. The van der Waals surface area contributed by atoms with E-state index in [1.165, 1.54) is 0 Å². The van der Waals surface area contributed by atoms with Crippen LogP contribution in [0, 0.1) is 0 Å². The van der Waals surface area contributed by atoms with E-state index >= 15 is 0 Å². The molecule has 0 unspecified atom stereocenters. The molecule has 28 heavy (non-hydrogen) atoms. The number of hydrogen-bond donors (Lipinski definition) is 4. The molecule has 0 saturated carbocycles. The van der Waals surface area contributed by atoms with Crippen molar-refractivity contribution in [2.24, 2.45) is 0 Å². The number of benzene rings is 3. The Morgan fingerprint density at radius 1 is 0.750 bits per heavy atom. The SMILES string of the molecule is OC[C@H]1O[C@@H](Oc2ccc3c4c(cccc24)-c2ccccc2-3)[C@H](O)[C@@H](O)[C@@H]1O. The quantitative estimate of drug-likeness (QED) is 0.432. The summed E-state index contributed by atoms with van der Waals surface area (Å²) in [6.07, 6.45) is -6.56. The Hall–Kier alpha value is -2.48. The Bertz CT molecular complexity index is 1020. The zero-order valence-electron chi connectivity index (χ0n) is 14.9. The number of hydrogen-bond acceptors (Lipinski definition) is 6. The molecule has 0 bridgehead atoms. The van der Waals surface area contributed by atoms with Gasteiger partial charge in [-0.15, -0.1) is 0 Å². The van der Waals surface area contributed by atoms with Gasteiger partial charge in [0.25, 0.3) is 0 Å². The van der Waals surface area contributed by atoms with Gasteiger partial charge in [0.2, 0.25) is 6.29 Å². The first-order valence-corrected chi connectivity index (χ1v) is 9.23. The van der Waals surface area contributed by atoms with E-state index in [0.29, 0.717) is 5.75 Å². The van der Waals surface area contributed by atoms with Crippen LogP contribution in [0.15, 0.2) is 54.6 Å². The van der Waals surface area contributed by atoms with Crippen molar-refractivity contribution < 1.29 is 29.9 Å². The van der Waals surface area contributed by atoms with Crippen LogP contribution in [0.3, 0.4) is 0 Å². The molecule has 4 N–H and O–H groups in total. The Kier molecular flexibility index (Phi) is 4.12. The van der Waals surface area contributed by atoms with Crippen molar-refractivity contribution in [2.75, 3.05) is 6.61 Å². The average Bonchev–Trinajstić information content (AvgIpc) is 3.06. The third kappa shape index (κ3) is 2.47. The van der Waals surface area contributed by atoms with Gasteiger partial charge in [0.05, 0.1) is 6.61 Å². The van der Waals surface area contributed by atoms with Crippen LogP contribution >= 0.6 is 0 Å². The molecular weight excluding hydrogens is 360 g/mol. The van der Waals surface area contributed by atoms with E-state index < -0.39 is 37.3 Å². The van der Waals surface area contributed by atoms with Crippen LogP contribution < -0.4 is 4.74 Å². The zero-order valence-corrected chi connectivity index (χ0v) is 14.9. The van der Waals surface area contributed by atoms with Crippen molar-refractivity contribution in [3.8, 4) is 28.0 Å². The fraction of sp³-hybridized carbons (Fsp3) is 0.273. The number of aliphatic hydroxyl groups is 4. The molecule has 0 spiro atoms. The number of fused-ring (bicyclic) bond motifs is 3. The van der Waals surface area contributed by atoms with Gasteiger partial charge < -0.3 is 29.9 Å². The monoisotopic (exact) mass is 380 g/mol. The molecule has 0 aromatic heterocycles. The molecule has 1 aliphatic carbocycles. The molecule has 3 aromatic rings. The van der Waals surface area contributed by atoms with E-state index in [4.69, 9.17) is 9.47 Å². The van der Waals surface area contributed by atoms with Crippen LogP contribution in [0.25, 0.3) is 33.0 Å². The largest absolute Gasteiger partial charge is 0.461 e. The second-order valence-electron chi connectivity index (χ2n) is 7.20. The van der Waals surface area contributed by atoms with Gasteiger partial charge in [-0.25, -0.2) is 0 Å². The van der Waals surface area contributed by atoms with E-state index in [0.717, 1.165) is 33.0 Å². The number of aliphatic hydroxyl groups excluding tert-OH is 4. The van der Waals surface area contributed by atoms with Gasteiger partial charge >= 0.3 is 0 Å². The molecule has 3 aromatic carbocycles. The molecule has 1 fully saturated rings. The van der Waals surface area contributed by atoms with Crippen LogP contribution in [-0.2, 0) is 4.74 Å². The van der Waals surface area contributed by atoms with E-state index in [1.54, 1.807) is 0 Å². The van der Waals surface area contributed by atoms with E-state index in [-0.39, 0.29) is 0 Å². The van der Waals surface area contributed by atoms with Gasteiger partial charge in [-0.05, 0) is 28.3 Å². The number of ether oxygens (including phenoxy) is 2. The Labute approximate surface area is 161 Å². The van der Waals surface area contributed by atoms with Gasteiger partial charge in [0.1, 0.15) is 30.2 Å². The zero-order chi connectivity index (χ0) is 19.4. The van der Waals surface area contributed by atoms with Crippen molar-refractivity contribution >= 4 is 10.8 Å². The van der Waals surface area contributed by atoms with Crippen molar-refractivity contribution in [2.45, 2.75) is 30.7 Å². The van der Waals surface area contributed by atoms with Gasteiger partial charge in [0.15, 0.2) is 0 Å². The Balaban J connectivity index is 1.56. The smallest absolute Gasteiger partial charge is 0.229 e. The third-order valence-corrected chi connectivity index (χ3v) is 5.60. The van der Waals surface area contributed by atoms with Crippen molar-refractivity contribution in [3.05, 3.63) is 54.6 Å². The minimum absolute atomic E-state index is 0.496. The first kappa shape index (κ1) is 17.6. The molecule has 1 aliphatic heterocycles. The summed E-state index contributed by atoms with van der Waals surface area (Å²) < 4.78 is 11.4. The molecule has 2 aliphatic rings. The number of rotatable bonds is 3. The highest BCUT2D eigenvalue weighted by atomic mass is 16.7. The lowest BCUT2D eigenvalue weighted by molar-refractivity contribution is -0.277. The van der Waals surface area contributed by atoms with E-state index in [2.05, 4.69) is 18.2 Å². The summed E-state index contributed by atoms with van der Waals surface area (Å²) in [5.41, 5.74) is 4.55. The van der Waals surface area contributed by atoms with Crippen LogP contribution in [0.1, 0.15) is 0 Å². The summed E-state index contributed by atoms with van der Waals surface area (Å²) in [6, 6.07) is 17.9. The van der Waals surface area contributed by atoms with Gasteiger partial charge in [-0.3, -0.25) is 0 Å². The highest BCUT2D eigenvalue weighted by molar-refractivity contribution is 6.16. The topological polar surface area (TPSA) is 99.4 Å². The van der Waals surface area contributed by atoms with Crippen molar-refractivity contribution in [1.82, 2.24) is 0 Å². The standard InChI is InChI=1S/C22H20O6/c23-10-17-19(24)20(25)21(26)22(28-17)27-16-9-8-14-12-5-2-1-4-11(12)13-6-3-7-15(16)18(13)14/h1-9,17,19-26H,10H2/t17-,19-,20+,21-,22-/m1/s1. The van der Waals surface area contributed by atoms with Crippen LogP contribution in [0.5, 0.6) is 5.75 Å². The highest BCUT2D eigenvalue weighted by Gasteiger charge is 2.44. The fourth-order valence-electron chi connectivity index (χ4n) is 4.17. The molecule has 1 heterocycles. The molecular formula is C22H20O6. The van der Waals surface area contributed by atoms with Gasteiger partial charge in [0, 0.05) is 10.8 Å². The lowest BCUT2D eigenvalue weighted by atomic mass is 9.99. The summed E-state index contributed by atoms with van der Waals surface area (Å²) in [5, 5.41) is 41.5. The lowest BCUT2D eigenvalue weighted by Crippen LogP contribution is -2.60. The summed E-state index contributed by atoms with van der Waals surface area (Å²) in [5.74, 6) is 0.498.